The van der Waals surface area contributed by atoms with E-state index < -0.39 is 0 Å². The first-order valence-electron chi connectivity index (χ1n) is 6.95. The summed E-state index contributed by atoms with van der Waals surface area (Å²) in [6, 6.07) is 7.43. The maximum absolute atomic E-state index is 5.99. The summed E-state index contributed by atoms with van der Waals surface area (Å²) in [6.45, 7) is 4.11. The van der Waals surface area contributed by atoms with Gasteiger partial charge in [0.1, 0.15) is 18.1 Å². The summed E-state index contributed by atoms with van der Waals surface area (Å²) in [4.78, 5) is 4.37. The minimum Gasteiger partial charge on any atom is -0.486 e. The average Bonchev–Trinajstić information content (AvgIpc) is 3.15. The molecule has 0 aliphatic carbocycles. The van der Waals surface area contributed by atoms with Crippen molar-refractivity contribution in [3.8, 4) is 5.75 Å². The highest BCUT2D eigenvalue weighted by atomic mass is 35.5. The van der Waals surface area contributed by atoms with Crippen LogP contribution in [-0.2, 0) is 12.4 Å². The molecule has 6 nitrogen and oxygen atoms in total. The van der Waals surface area contributed by atoms with Gasteiger partial charge in [-0.15, -0.1) is 5.10 Å². The highest BCUT2D eigenvalue weighted by molar-refractivity contribution is 7.98. The molecule has 0 spiro atoms. The van der Waals surface area contributed by atoms with Crippen LogP contribution < -0.4 is 4.74 Å². The first-order valence-corrected chi connectivity index (χ1v) is 8.32. The van der Waals surface area contributed by atoms with Gasteiger partial charge in [0, 0.05) is 16.8 Å². The Morgan fingerprint density at radius 1 is 1.30 bits per heavy atom. The number of hydrogen-bond acceptors (Lipinski definition) is 6. The zero-order chi connectivity index (χ0) is 16.2. The van der Waals surface area contributed by atoms with Gasteiger partial charge in [-0.25, -0.2) is 4.98 Å². The van der Waals surface area contributed by atoms with E-state index in [2.05, 4.69) is 20.3 Å². The van der Waals surface area contributed by atoms with E-state index >= 15 is 0 Å². The van der Waals surface area contributed by atoms with Crippen molar-refractivity contribution in [2.75, 3.05) is 0 Å². The maximum atomic E-state index is 5.99. The number of benzene rings is 1. The lowest BCUT2D eigenvalue weighted by atomic mass is 10.2. The third-order valence-corrected chi connectivity index (χ3v) is 4.35. The summed E-state index contributed by atoms with van der Waals surface area (Å²) < 4.78 is 10.7. The molecule has 0 amide bonds. The topological polar surface area (TPSA) is 76.8 Å². The fraction of sp³-hybridized carbons (Fsp3) is 0.267. The lowest BCUT2D eigenvalue weighted by Crippen LogP contribution is -1.98. The number of aromatic nitrogens is 4. The number of ether oxygens (including phenoxy) is 1. The van der Waals surface area contributed by atoms with Gasteiger partial charge in [-0.05, 0) is 37.6 Å². The van der Waals surface area contributed by atoms with E-state index in [1.54, 1.807) is 0 Å². The normalized spacial score (nSPS) is 10.9. The number of aryl methyl sites for hydroxylation is 2. The van der Waals surface area contributed by atoms with Crippen LogP contribution in [0.2, 0.25) is 5.02 Å². The number of hydrogen-bond donors (Lipinski definition) is 1. The second kappa shape index (κ2) is 7.06. The van der Waals surface area contributed by atoms with E-state index in [0.717, 1.165) is 27.8 Å². The van der Waals surface area contributed by atoms with Crippen LogP contribution in [0.15, 0.2) is 33.9 Å². The van der Waals surface area contributed by atoms with E-state index in [-0.39, 0.29) is 0 Å². The van der Waals surface area contributed by atoms with Crippen molar-refractivity contribution >= 4 is 23.4 Å². The predicted octanol–water partition coefficient (Wildman–Crippen LogP) is 3.93. The zero-order valence-electron chi connectivity index (χ0n) is 12.7. The van der Waals surface area contributed by atoms with Crippen LogP contribution in [0.3, 0.4) is 0 Å². The molecule has 0 saturated carbocycles. The van der Waals surface area contributed by atoms with Gasteiger partial charge in [-0.2, -0.15) is 0 Å². The Kier molecular flexibility index (Phi) is 4.88. The van der Waals surface area contributed by atoms with E-state index in [9.17, 15) is 0 Å². The Balaban J connectivity index is 1.53. The molecule has 0 aliphatic heterocycles. The summed E-state index contributed by atoms with van der Waals surface area (Å²) in [6.07, 6.45) is 0. The van der Waals surface area contributed by atoms with Crippen LogP contribution in [0.5, 0.6) is 5.75 Å². The van der Waals surface area contributed by atoms with E-state index in [4.69, 9.17) is 20.9 Å². The fourth-order valence-corrected chi connectivity index (χ4v) is 2.71. The molecule has 1 aromatic carbocycles. The molecule has 23 heavy (non-hydrogen) atoms. The smallest absolute Gasteiger partial charge is 0.208 e. The Labute approximate surface area is 142 Å². The molecule has 0 bridgehead atoms. The minimum absolute atomic E-state index is 0.317. The van der Waals surface area contributed by atoms with E-state index in [1.165, 1.54) is 11.8 Å². The largest absolute Gasteiger partial charge is 0.486 e. The number of halogens is 1. The highest BCUT2D eigenvalue weighted by Crippen LogP contribution is 2.22. The van der Waals surface area contributed by atoms with Crippen LogP contribution in [-0.4, -0.2) is 20.3 Å². The molecular formula is C15H15ClN4O2S. The van der Waals surface area contributed by atoms with Crippen LogP contribution >= 0.6 is 23.4 Å². The maximum Gasteiger partial charge on any atom is 0.208 e. The van der Waals surface area contributed by atoms with Crippen LogP contribution in [0, 0.1) is 13.8 Å². The summed E-state index contributed by atoms with van der Waals surface area (Å²) in [7, 11) is 0. The molecule has 0 radical (unpaired) electrons. The van der Waals surface area contributed by atoms with Gasteiger partial charge in [-0.1, -0.05) is 28.5 Å². The molecule has 0 atom stereocenters. The van der Waals surface area contributed by atoms with E-state index in [0.29, 0.717) is 23.3 Å². The molecule has 0 unspecified atom stereocenters. The van der Waals surface area contributed by atoms with Gasteiger partial charge >= 0.3 is 0 Å². The fourth-order valence-electron chi connectivity index (χ4n) is 1.89. The van der Waals surface area contributed by atoms with Gasteiger partial charge in [0.15, 0.2) is 5.82 Å². The van der Waals surface area contributed by atoms with Crippen molar-refractivity contribution in [1.82, 2.24) is 20.3 Å². The quantitative estimate of drug-likeness (QED) is 0.678. The van der Waals surface area contributed by atoms with E-state index in [1.807, 2.05) is 38.1 Å². The van der Waals surface area contributed by atoms with Gasteiger partial charge in [0.05, 0.1) is 5.69 Å². The number of rotatable bonds is 6. The molecule has 2 heterocycles. The number of thioether (sulfide) groups is 1. The number of H-pyrrole nitrogens is 1. The lowest BCUT2D eigenvalue weighted by molar-refractivity contribution is 0.296. The second-order valence-corrected chi connectivity index (χ2v) is 6.33. The number of nitrogens with one attached hydrogen (secondary N) is 1. The van der Waals surface area contributed by atoms with Crippen molar-refractivity contribution in [3.63, 3.8) is 0 Å². The van der Waals surface area contributed by atoms with Crippen LogP contribution in [0.1, 0.15) is 22.8 Å². The molecule has 0 aliphatic rings. The first kappa shape index (κ1) is 15.9. The summed E-state index contributed by atoms with van der Waals surface area (Å²) >= 11 is 7.47. The monoisotopic (exact) mass is 350 g/mol. The summed E-state index contributed by atoms with van der Waals surface area (Å²) in [5.41, 5.74) is 1.84. The van der Waals surface area contributed by atoms with Crippen LogP contribution in [0.4, 0.5) is 0 Å². The molecule has 1 N–H and O–H groups in total. The molecule has 8 heteroatoms. The highest BCUT2D eigenvalue weighted by Gasteiger charge is 2.08. The lowest BCUT2D eigenvalue weighted by Gasteiger charge is -2.05. The second-order valence-electron chi connectivity index (χ2n) is 4.98. The van der Waals surface area contributed by atoms with Gasteiger partial charge in [0.25, 0.3) is 0 Å². The molecule has 3 aromatic rings. The molecule has 2 aromatic heterocycles. The number of nitrogens with zero attached hydrogens (tertiary/aromatic N) is 3. The molecule has 0 saturated heterocycles. The van der Waals surface area contributed by atoms with Crippen molar-refractivity contribution in [3.05, 3.63) is 52.1 Å². The Morgan fingerprint density at radius 2 is 2.17 bits per heavy atom. The summed E-state index contributed by atoms with van der Waals surface area (Å²) in [5, 5.41) is 12.3. The van der Waals surface area contributed by atoms with Crippen molar-refractivity contribution in [1.29, 1.82) is 0 Å². The molecule has 3 rings (SSSR count). The Hall–Kier alpha value is -1.99. The molecular weight excluding hydrogens is 336 g/mol. The molecule has 120 valence electrons. The number of aromatic amines is 1. The average molecular weight is 351 g/mol. The van der Waals surface area contributed by atoms with Crippen molar-refractivity contribution in [2.45, 2.75) is 31.4 Å². The third-order valence-electron chi connectivity index (χ3n) is 3.04. The van der Waals surface area contributed by atoms with Crippen LogP contribution in [0.25, 0.3) is 0 Å². The predicted molar refractivity (Wildman–Crippen MR) is 87.7 cm³/mol. The molecule has 0 fully saturated rings. The Bertz CT molecular complexity index is 802. The van der Waals surface area contributed by atoms with Gasteiger partial charge in [0.2, 0.25) is 5.16 Å². The third kappa shape index (κ3) is 4.27. The standard InChI is InChI=1S/C15H15ClN4O2S/c1-9-5-12(3-4-13(9)16)21-7-14-17-15(19-18-14)23-8-11-6-10(2)22-20-11/h3-6H,7-8H2,1-2H3,(H,17,18,19). The van der Waals surface area contributed by atoms with Gasteiger partial charge in [-0.3, -0.25) is 5.10 Å². The van der Waals surface area contributed by atoms with Crippen molar-refractivity contribution in [2.24, 2.45) is 0 Å². The zero-order valence-corrected chi connectivity index (χ0v) is 14.2. The Morgan fingerprint density at radius 3 is 2.91 bits per heavy atom. The minimum atomic E-state index is 0.317. The SMILES string of the molecule is Cc1cc(CSc2n[nH]c(COc3ccc(Cl)c(C)c3)n2)no1. The van der Waals surface area contributed by atoms with Crippen molar-refractivity contribution < 1.29 is 9.26 Å². The summed E-state index contributed by atoms with van der Waals surface area (Å²) in [5.74, 6) is 2.86. The first-order chi connectivity index (χ1) is 11.1. The van der Waals surface area contributed by atoms with Gasteiger partial charge < -0.3 is 9.26 Å².